The average Bonchev–Trinajstić information content (AvgIpc) is 3.13. The lowest BCUT2D eigenvalue weighted by atomic mass is 10.1. The number of aliphatic hydroxyl groups excluding tert-OH is 1. The molecule has 164 valence electrons. The number of H-pyrrole nitrogens is 1. The number of hydrogen-bond donors (Lipinski definition) is 2. The van der Waals surface area contributed by atoms with E-state index < -0.39 is 5.91 Å². The number of rotatable bonds is 5. The molecule has 1 aliphatic heterocycles. The number of amides is 2. The summed E-state index contributed by atoms with van der Waals surface area (Å²) in [6.07, 6.45) is 0.472. The third-order valence-corrected chi connectivity index (χ3v) is 5.76. The van der Waals surface area contributed by atoms with E-state index in [1.54, 1.807) is 23.1 Å². The van der Waals surface area contributed by atoms with Crippen LogP contribution >= 0.6 is 15.9 Å². The van der Waals surface area contributed by atoms with Crippen LogP contribution in [0.5, 0.6) is 0 Å². The second-order valence-electron chi connectivity index (χ2n) is 7.21. The molecule has 0 spiro atoms. The van der Waals surface area contributed by atoms with Crippen molar-refractivity contribution in [2.75, 3.05) is 31.3 Å². The molecule has 1 saturated heterocycles. The highest BCUT2D eigenvalue weighted by Crippen LogP contribution is 2.31. The molecule has 0 aliphatic carbocycles. The molecular formula is C22H20BrN5O4. The van der Waals surface area contributed by atoms with Gasteiger partial charge in [0.2, 0.25) is 5.62 Å². The molecule has 1 aromatic heterocycles. The molecular weight excluding hydrogens is 478 g/mol. The molecule has 2 N–H and O–H groups in total. The maximum atomic E-state index is 12.8. The SMILES string of the molecule is N#Cc1cccc(C(=O)/N=c2\[nH]c3cc(N4CCOCC4=O)c(Br)cc3n2CCCO)c1. The monoisotopic (exact) mass is 497 g/mol. The minimum absolute atomic E-state index is 0.0151. The van der Waals surface area contributed by atoms with Crippen LogP contribution in [0.25, 0.3) is 11.0 Å². The number of carbonyl (C=O) groups is 2. The summed E-state index contributed by atoms with van der Waals surface area (Å²) in [7, 11) is 0. The van der Waals surface area contributed by atoms with E-state index in [4.69, 9.17) is 10.00 Å². The number of nitrogens with zero attached hydrogens (tertiary/aromatic N) is 4. The van der Waals surface area contributed by atoms with Gasteiger partial charge in [0.15, 0.2) is 0 Å². The van der Waals surface area contributed by atoms with Gasteiger partial charge in [-0.25, -0.2) is 0 Å². The molecule has 2 amide bonds. The van der Waals surface area contributed by atoms with Crippen molar-refractivity contribution in [3.8, 4) is 6.07 Å². The normalized spacial score (nSPS) is 14.7. The van der Waals surface area contributed by atoms with Crippen molar-refractivity contribution < 1.29 is 19.4 Å². The Labute approximate surface area is 191 Å². The van der Waals surface area contributed by atoms with Gasteiger partial charge in [-0.05, 0) is 52.7 Å². The van der Waals surface area contributed by atoms with Crippen LogP contribution in [0, 0.1) is 11.3 Å². The van der Waals surface area contributed by atoms with Crippen LogP contribution in [0.4, 0.5) is 5.69 Å². The molecule has 1 fully saturated rings. The number of halogens is 1. The number of ether oxygens (including phenoxy) is 1. The summed E-state index contributed by atoms with van der Waals surface area (Å²) in [5.41, 5.74) is 3.15. The highest BCUT2D eigenvalue weighted by Gasteiger charge is 2.23. The first-order valence-electron chi connectivity index (χ1n) is 10.0. The number of aromatic amines is 1. The summed E-state index contributed by atoms with van der Waals surface area (Å²) >= 11 is 3.56. The highest BCUT2D eigenvalue weighted by atomic mass is 79.9. The van der Waals surface area contributed by atoms with Crippen LogP contribution < -0.4 is 10.5 Å². The average molecular weight is 498 g/mol. The first-order valence-corrected chi connectivity index (χ1v) is 10.8. The molecule has 1 aliphatic rings. The standard InChI is InChI=1S/C22H20BrN5O4/c23-16-10-19-17(11-18(16)27-6-8-32-13-20(27)30)25-22(28(19)5-2-7-29)26-21(31)15-4-1-3-14(9-15)12-24/h1,3-4,9-11,29H,2,5-8,13H2,(H,25,26,31). The number of fused-ring (bicyclic) bond motifs is 1. The molecule has 3 aromatic rings. The lowest BCUT2D eigenvalue weighted by molar-refractivity contribution is -0.125. The molecule has 4 rings (SSSR count). The number of anilines is 1. The fourth-order valence-electron chi connectivity index (χ4n) is 3.58. The summed E-state index contributed by atoms with van der Waals surface area (Å²) in [4.78, 5) is 34.1. The van der Waals surface area contributed by atoms with E-state index in [-0.39, 0.29) is 19.1 Å². The Morgan fingerprint density at radius 3 is 2.94 bits per heavy atom. The van der Waals surface area contributed by atoms with Crippen molar-refractivity contribution in [1.82, 2.24) is 9.55 Å². The number of nitrogens with one attached hydrogen (secondary N) is 1. The van der Waals surface area contributed by atoms with E-state index in [1.807, 2.05) is 22.8 Å². The van der Waals surface area contributed by atoms with E-state index in [0.717, 1.165) is 9.99 Å². The number of aryl methyl sites for hydroxylation is 1. The summed E-state index contributed by atoms with van der Waals surface area (Å²) in [5.74, 6) is -0.623. The zero-order chi connectivity index (χ0) is 22.7. The van der Waals surface area contributed by atoms with E-state index in [9.17, 15) is 14.7 Å². The molecule has 0 unspecified atom stereocenters. The fraction of sp³-hybridized carbons (Fsp3) is 0.273. The maximum absolute atomic E-state index is 12.8. The van der Waals surface area contributed by atoms with Gasteiger partial charge in [-0.15, -0.1) is 0 Å². The predicted molar refractivity (Wildman–Crippen MR) is 120 cm³/mol. The minimum Gasteiger partial charge on any atom is -0.396 e. The Bertz CT molecular complexity index is 1300. The zero-order valence-corrected chi connectivity index (χ0v) is 18.6. The number of nitriles is 1. The van der Waals surface area contributed by atoms with E-state index >= 15 is 0 Å². The molecule has 9 nitrogen and oxygen atoms in total. The summed E-state index contributed by atoms with van der Waals surface area (Å²) in [6.45, 7) is 1.35. The van der Waals surface area contributed by atoms with Crippen LogP contribution in [0.1, 0.15) is 22.3 Å². The number of benzene rings is 2. The summed E-state index contributed by atoms with van der Waals surface area (Å²) in [6, 6.07) is 12.1. The lowest BCUT2D eigenvalue weighted by Crippen LogP contribution is -2.41. The summed E-state index contributed by atoms with van der Waals surface area (Å²) in [5, 5.41) is 18.4. The lowest BCUT2D eigenvalue weighted by Gasteiger charge is -2.27. The van der Waals surface area contributed by atoms with E-state index in [2.05, 4.69) is 25.9 Å². The Balaban J connectivity index is 1.82. The molecule has 0 bridgehead atoms. The molecule has 32 heavy (non-hydrogen) atoms. The van der Waals surface area contributed by atoms with Crippen molar-refractivity contribution in [3.05, 3.63) is 57.6 Å². The van der Waals surface area contributed by atoms with Crippen LogP contribution in [-0.2, 0) is 16.1 Å². The first-order chi connectivity index (χ1) is 15.5. The van der Waals surface area contributed by atoms with Crippen molar-refractivity contribution >= 4 is 44.5 Å². The smallest absolute Gasteiger partial charge is 0.280 e. The van der Waals surface area contributed by atoms with Crippen molar-refractivity contribution in [2.45, 2.75) is 13.0 Å². The number of carbonyl (C=O) groups excluding carboxylic acids is 2. The Morgan fingerprint density at radius 1 is 1.34 bits per heavy atom. The van der Waals surface area contributed by atoms with Crippen LogP contribution in [0.2, 0.25) is 0 Å². The third-order valence-electron chi connectivity index (χ3n) is 5.12. The molecule has 10 heteroatoms. The fourth-order valence-corrected chi connectivity index (χ4v) is 4.13. The molecule has 2 aromatic carbocycles. The Hall–Kier alpha value is -3.26. The predicted octanol–water partition coefficient (Wildman–Crippen LogP) is 2.09. The van der Waals surface area contributed by atoms with Gasteiger partial charge in [-0.3, -0.25) is 9.59 Å². The highest BCUT2D eigenvalue weighted by molar-refractivity contribution is 9.10. The molecule has 0 saturated carbocycles. The van der Waals surface area contributed by atoms with Crippen molar-refractivity contribution in [2.24, 2.45) is 4.99 Å². The number of aromatic nitrogens is 2. The number of morpholine rings is 1. The quantitative estimate of drug-likeness (QED) is 0.558. The topological polar surface area (TPSA) is 124 Å². The molecule has 0 atom stereocenters. The van der Waals surface area contributed by atoms with Gasteiger partial charge in [0, 0.05) is 29.7 Å². The number of hydrogen-bond acceptors (Lipinski definition) is 5. The summed E-state index contributed by atoms with van der Waals surface area (Å²) < 4.78 is 7.75. The Kier molecular flexibility index (Phi) is 6.50. The van der Waals surface area contributed by atoms with E-state index in [1.165, 1.54) is 6.07 Å². The van der Waals surface area contributed by atoms with Crippen LogP contribution in [0.3, 0.4) is 0 Å². The second-order valence-corrected chi connectivity index (χ2v) is 8.06. The largest absolute Gasteiger partial charge is 0.396 e. The molecule has 2 heterocycles. The van der Waals surface area contributed by atoms with Gasteiger partial charge in [-0.1, -0.05) is 6.07 Å². The number of aliphatic hydroxyl groups is 1. The van der Waals surface area contributed by atoms with Gasteiger partial charge >= 0.3 is 0 Å². The van der Waals surface area contributed by atoms with Gasteiger partial charge in [0.05, 0.1) is 35.0 Å². The van der Waals surface area contributed by atoms with Gasteiger partial charge in [0.25, 0.3) is 11.8 Å². The van der Waals surface area contributed by atoms with Gasteiger partial charge in [-0.2, -0.15) is 10.3 Å². The van der Waals surface area contributed by atoms with Crippen LogP contribution in [-0.4, -0.2) is 52.8 Å². The third kappa shape index (κ3) is 4.36. The van der Waals surface area contributed by atoms with Crippen molar-refractivity contribution in [1.29, 1.82) is 5.26 Å². The molecule has 0 radical (unpaired) electrons. The van der Waals surface area contributed by atoms with Gasteiger partial charge in [0.1, 0.15) is 6.61 Å². The Morgan fingerprint density at radius 2 is 2.19 bits per heavy atom. The minimum atomic E-state index is -0.492. The van der Waals surface area contributed by atoms with Crippen molar-refractivity contribution in [3.63, 3.8) is 0 Å². The van der Waals surface area contributed by atoms with Gasteiger partial charge < -0.3 is 24.3 Å². The maximum Gasteiger partial charge on any atom is 0.280 e. The second kappa shape index (κ2) is 9.48. The number of imidazole rings is 1. The van der Waals surface area contributed by atoms with Crippen LogP contribution in [0.15, 0.2) is 45.9 Å². The zero-order valence-electron chi connectivity index (χ0n) is 17.0. The van der Waals surface area contributed by atoms with E-state index in [0.29, 0.717) is 54.1 Å². The first kappa shape index (κ1) is 22.0.